The number of hydrogen-bond donors (Lipinski definition) is 1. The number of ether oxygens (including phenoxy) is 1. The number of rotatable bonds is 8. The molecular weight excluding hydrogens is 287 g/mol. The summed E-state index contributed by atoms with van der Waals surface area (Å²) in [5, 5.41) is 8.89. The Bertz CT molecular complexity index is 376. The molecule has 1 N–H and O–H groups in total. The van der Waals surface area contributed by atoms with E-state index in [4.69, 9.17) is 18.9 Å². The lowest BCUT2D eigenvalue weighted by molar-refractivity contribution is -0.157. The second-order valence-electron chi connectivity index (χ2n) is 5.02. The van der Waals surface area contributed by atoms with Crippen LogP contribution in [0.25, 0.3) is 0 Å². The molecular formula is C12H23O7P. The zero-order chi connectivity index (χ0) is 16.0. The lowest BCUT2D eigenvalue weighted by Crippen LogP contribution is -2.34. The highest BCUT2D eigenvalue weighted by molar-refractivity contribution is 7.55. The van der Waals surface area contributed by atoms with Crippen molar-refractivity contribution in [2.45, 2.75) is 52.3 Å². The molecule has 0 aliphatic heterocycles. The Morgan fingerprint density at radius 1 is 1.15 bits per heavy atom. The van der Waals surface area contributed by atoms with Crippen molar-refractivity contribution in [3.05, 3.63) is 0 Å². The highest BCUT2D eigenvalue weighted by Gasteiger charge is 2.44. The molecule has 0 aromatic carbocycles. The Balaban J connectivity index is 5.34. The van der Waals surface area contributed by atoms with E-state index < -0.39 is 37.2 Å². The maximum atomic E-state index is 12.6. The van der Waals surface area contributed by atoms with E-state index in [0.29, 0.717) is 0 Å². The SMILES string of the molecule is CCOP(=O)(OCC)C(CC(=O)O)C(=O)OC(C)(C)C. The Morgan fingerprint density at radius 2 is 1.60 bits per heavy atom. The van der Waals surface area contributed by atoms with Gasteiger partial charge in [0.2, 0.25) is 0 Å². The van der Waals surface area contributed by atoms with E-state index in [1.54, 1.807) is 34.6 Å². The highest BCUT2D eigenvalue weighted by atomic mass is 31.2. The van der Waals surface area contributed by atoms with Gasteiger partial charge in [-0.15, -0.1) is 0 Å². The number of hydrogen-bond acceptors (Lipinski definition) is 6. The van der Waals surface area contributed by atoms with Crippen LogP contribution in [0.15, 0.2) is 0 Å². The molecule has 7 nitrogen and oxygen atoms in total. The summed E-state index contributed by atoms with van der Waals surface area (Å²) in [5.41, 5.74) is -2.30. The molecule has 0 rings (SSSR count). The van der Waals surface area contributed by atoms with Crippen LogP contribution in [0, 0.1) is 0 Å². The number of carbonyl (C=O) groups is 2. The Kier molecular flexibility index (Phi) is 7.41. The molecule has 118 valence electrons. The maximum absolute atomic E-state index is 12.6. The van der Waals surface area contributed by atoms with Crippen molar-refractivity contribution < 1.29 is 33.0 Å². The number of carboxylic acids is 1. The number of carbonyl (C=O) groups excluding carboxylic acids is 1. The zero-order valence-electron chi connectivity index (χ0n) is 12.5. The fraction of sp³-hybridized carbons (Fsp3) is 0.833. The number of esters is 1. The van der Waals surface area contributed by atoms with Crippen LogP contribution in [0.5, 0.6) is 0 Å². The molecule has 0 saturated carbocycles. The van der Waals surface area contributed by atoms with E-state index in [0.717, 1.165) is 0 Å². The van der Waals surface area contributed by atoms with Crippen LogP contribution in [0.2, 0.25) is 0 Å². The minimum Gasteiger partial charge on any atom is -0.481 e. The molecule has 0 heterocycles. The number of carboxylic acid groups (broad SMARTS) is 1. The summed E-state index contributed by atoms with van der Waals surface area (Å²) in [7, 11) is -3.88. The smallest absolute Gasteiger partial charge is 0.345 e. The molecule has 20 heavy (non-hydrogen) atoms. The van der Waals surface area contributed by atoms with E-state index in [-0.39, 0.29) is 13.2 Å². The Morgan fingerprint density at radius 3 is 1.90 bits per heavy atom. The predicted molar refractivity (Wildman–Crippen MR) is 72.7 cm³/mol. The van der Waals surface area contributed by atoms with Gasteiger partial charge in [-0.25, -0.2) is 0 Å². The lowest BCUT2D eigenvalue weighted by Gasteiger charge is -2.27. The topological polar surface area (TPSA) is 99.1 Å². The van der Waals surface area contributed by atoms with Gasteiger partial charge in [-0.05, 0) is 34.6 Å². The summed E-state index contributed by atoms with van der Waals surface area (Å²) in [6.45, 7) is 8.14. The molecule has 0 aliphatic carbocycles. The minimum absolute atomic E-state index is 0.0379. The summed E-state index contributed by atoms with van der Waals surface area (Å²) in [4.78, 5) is 23.0. The highest BCUT2D eigenvalue weighted by Crippen LogP contribution is 2.54. The first-order valence-corrected chi connectivity index (χ1v) is 8.00. The molecule has 0 fully saturated rings. The minimum atomic E-state index is -3.88. The van der Waals surface area contributed by atoms with Crippen molar-refractivity contribution >= 4 is 19.5 Å². The van der Waals surface area contributed by atoms with Gasteiger partial charge in [-0.1, -0.05) is 0 Å². The van der Waals surface area contributed by atoms with Gasteiger partial charge < -0.3 is 18.9 Å². The zero-order valence-corrected chi connectivity index (χ0v) is 13.4. The largest absolute Gasteiger partial charge is 0.481 e. The van der Waals surface area contributed by atoms with Crippen molar-refractivity contribution in [3.63, 3.8) is 0 Å². The van der Waals surface area contributed by atoms with Crippen LogP contribution in [-0.2, 0) is 27.9 Å². The van der Waals surface area contributed by atoms with Crippen LogP contribution in [0.1, 0.15) is 41.0 Å². The van der Waals surface area contributed by atoms with Gasteiger partial charge in [0.1, 0.15) is 5.60 Å². The third-order valence-electron chi connectivity index (χ3n) is 2.05. The van der Waals surface area contributed by atoms with E-state index in [1.807, 2.05) is 0 Å². The van der Waals surface area contributed by atoms with Crippen molar-refractivity contribution in [1.82, 2.24) is 0 Å². The first-order chi connectivity index (χ1) is 9.05. The van der Waals surface area contributed by atoms with Gasteiger partial charge in [0.25, 0.3) is 0 Å². The van der Waals surface area contributed by atoms with E-state index in [2.05, 4.69) is 0 Å². The van der Waals surface area contributed by atoms with Gasteiger partial charge in [0.05, 0.1) is 19.6 Å². The van der Waals surface area contributed by atoms with E-state index in [9.17, 15) is 14.2 Å². The first kappa shape index (κ1) is 19.1. The third kappa shape index (κ3) is 6.50. The van der Waals surface area contributed by atoms with Gasteiger partial charge in [0.15, 0.2) is 5.66 Å². The number of aliphatic carboxylic acids is 1. The van der Waals surface area contributed by atoms with E-state index in [1.165, 1.54) is 0 Å². The van der Waals surface area contributed by atoms with Gasteiger partial charge in [-0.3, -0.25) is 14.2 Å². The Hall–Kier alpha value is -0.910. The quantitative estimate of drug-likeness (QED) is 0.543. The van der Waals surface area contributed by atoms with Gasteiger partial charge in [-0.2, -0.15) is 0 Å². The van der Waals surface area contributed by atoms with Crippen molar-refractivity contribution in [2.75, 3.05) is 13.2 Å². The maximum Gasteiger partial charge on any atom is 0.345 e. The fourth-order valence-electron chi connectivity index (χ4n) is 1.44. The van der Waals surface area contributed by atoms with Crippen molar-refractivity contribution in [3.8, 4) is 0 Å². The average Bonchev–Trinajstić information content (AvgIpc) is 2.23. The summed E-state index contributed by atoms with van der Waals surface area (Å²) in [6.07, 6.45) is -0.674. The molecule has 0 spiro atoms. The molecule has 0 aromatic rings. The molecule has 0 aromatic heterocycles. The molecule has 0 saturated heterocycles. The molecule has 1 atom stereocenters. The normalized spacial score (nSPS) is 13.8. The summed E-state index contributed by atoms with van der Waals surface area (Å²) < 4.78 is 27.7. The monoisotopic (exact) mass is 310 g/mol. The van der Waals surface area contributed by atoms with Crippen molar-refractivity contribution in [1.29, 1.82) is 0 Å². The summed E-state index contributed by atoms with van der Waals surface area (Å²) in [5.74, 6) is -2.18. The van der Waals surface area contributed by atoms with Crippen LogP contribution >= 0.6 is 7.60 Å². The molecule has 1 unspecified atom stereocenters. The standard InChI is InChI=1S/C12H23O7P/c1-6-17-20(16,18-7-2)9(8-10(13)14)11(15)19-12(3,4)5/h9H,6-8H2,1-5H3,(H,13,14). The van der Waals surface area contributed by atoms with Crippen molar-refractivity contribution in [2.24, 2.45) is 0 Å². The summed E-state index contributed by atoms with van der Waals surface area (Å²) >= 11 is 0. The second-order valence-corrected chi connectivity index (χ2v) is 7.24. The third-order valence-corrected chi connectivity index (χ3v) is 4.44. The van der Waals surface area contributed by atoms with Crippen LogP contribution in [0.3, 0.4) is 0 Å². The molecule has 0 bridgehead atoms. The van der Waals surface area contributed by atoms with Crippen LogP contribution in [-0.4, -0.2) is 41.5 Å². The van der Waals surface area contributed by atoms with E-state index >= 15 is 0 Å². The van der Waals surface area contributed by atoms with Crippen LogP contribution < -0.4 is 0 Å². The predicted octanol–water partition coefficient (Wildman–Crippen LogP) is 2.44. The fourth-order valence-corrected chi connectivity index (χ4v) is 3.28. The van der Waals surface area contributed by atoms with Gasteiger partial charge in [0, 0.05) is 0 Å². The lowest BCUT2D eigenvalue weighted by atomic mass is 10.2. The first-order valence-electron chi connectivity index (χ1n) is 6.39. The summed E-state index contributed by atoms with van der Waals surface area (Å²) in [6, 6.07) is 0. The molecule has 8 heteroatoms. The van der Waals surface area contributed by atoms with Gasteiger partial charge >= 0.3 is 19.5 Å². The average molecular weight is 310 g/mol. The Labute approximate surface area is 119 Å². The second kappa shape index (κ2) is 7.76. The molecule has 0 radical (unpaired) electrons. The molecule has 0 amide bonds. The molecule has 0 aliphatic rings. The van der Waals surface area contributed by atoms with Crippen LogP contribution in [0.4, 0.5) is 0 Å².